The molecule has 0 radical (unpaired) electrons. The summed E-state index contributed by atoms with van der Waals surface area (Å²) in [5, 5.41) is 12.0. The van der Waals surface area contributed by atoms with E-state index in [0.29, 0.717) is 24.9 Å². The minimum atomic E-state index is 0.0308. The Morgan fingerprint density at radius 1 is 1.12 bits per heavy atom. The summed E-state index contributed by atoms with van der Waals surface area (Å²) in [5.41, 5.74) is 1.89. The van der Waals surface area contributed by atoms with E-state index in [2.05, 4.69) is 20.3 Å². The molecule has 5 rings (SSSR count). The van der Waals surface area contributed by atoms with E-state index >= 15 is 0 Å². The van der Waals surface area contributed by atoms with Gasteiger partial charge in [0.15, 0.2) is 0 Å². The maximum absolute atomic E-state index is 13.0. The molecule has 0 aromatic carbocycles. The molecular formula is C17H23N5O3. The fourth-order valence-electron chi connectivity index (χ4n) is 3.96. The number of nitrogens with zero attached hydrogens (tertiary/aromatic N) is 5. The highest BCUT2D eigenvalue weighted by molar-refractivity contribution is 5.80. The average molecular weight is 345 g/mol. The van der Waals surface area contributed by atoms with Crippen LogP contribution >= 0.6 is 0 Å². The number of rotatable bonds is 4. The summed E-state index contributed by atoms with van der Waals surface area (Å²) >= 11 is 0. The third kappa shape index (κ3) is 3.06. The van der Waals surface area contributed by atoms with Gasteiger partial charge in [-0.2, -0.15) is 0 Å². The molecule has 8 heteroatoms. The second kappa shape index (κ2) is 6.25. The molecule has 25 heavy (non-hydrogen) atoms. The molecule has 5 heterocycles. The maximum Gasteiger partial charge on any atom is 0.230 e. The zero-order valence-electron chi connectivity index (χ0n) is 14.9. The number of piperidine rings is 1. The predicted molar refractivity (Wildman–Crippen MR) is 87.4 cm³/mol. The van der Waals surface area contributed by atoms with Crippen molar-refractivity contribution in [3.8, 4) is 0 Å². The molecule has 0 saturated carbocycles. The summed E-state index contributed by atoms with van der Waals surface area (Å²) < 4.78 is 10.8. The lowest BCUT2D eigenvalue weighted by Crippen LogP contribution is -2.47. The summed E-state index contributed by atoms with van der Waals surface area (Å²) in [6, 6.07) is 0.198. The van der Waals surface area contributed by atoms with Crippen LogP contribution in [0.4, 0.5) is 0 Å². The first-order valence-corrected chi connectivity index (χ1v) is 8.75. The Morgan fingerprint density at radius 3 is 2.64 bits per heavy atom. The molecule has 2 aromatic heterocycles. The molecule has 0 N–H and O–H groups in total. The molecule has 8 nitrogen and oxygen atoms in total. The normalized spacial score (nSPS) is 24.1. The van der Waals surface area contributed by atoms with Crippen LogP contribution in [0.25, 0.3) is 0 Å². The first-order valence-electron chi connectivity index (χ1n) is 8.75. The second-order valence-corrected chi connectivity index (χ2v) is 7.11. The fourth-order valence-corrected chi connectivity index (χ4v) is 3.96. The molecule has 134 valence electrons. The van der Waals surface area contributed by atoms with Crippen molar-refractivity contribution in [1.29, 1.82) is 0 Å². The van der Waals surface area contributed by atoms with E-state index in [0.717, 1.165) is 42.9 Å². The third-order valence-corrected chi connectivity index (χ3v) is 5.31. The summed E-state index contributed by atoms with van der Waals surface area (Å²) in [7, 11) is 0. The van der Waals surface area contributed by atoms with Gasteiger partial charge in [0.2, 0.25) is 17.7 Å². The van der Waals surface area contributed by atoms with Crippen molar-refractivity contribution >= 4 is 5.91 Å². The van der Waals surface area contributed by atoms with Crippen LogP contribution in [-0.2, 0) is 17.9 Å². The molecule has 2 bridgehead atoms. The van der Waals surface area contributed by atoms with Crippen LogP contribution in [0.2, 0.25) is 0 Å². The maximum atomic E-state index is 13.0. The molecular weight excluding hydrogens is 322 g/mol. The first kappa shape index (κ1) is 16.3. The minimum absolute atomic E-state index is 0.0308. The fraction of sp³-hybridized carbons (Fsp3) is 0.647. The third-order valence-electron chi connectivity index (χ3n) is 5.31. The topological polar surface area (TPSA) is 88.5 Å². The number of carbonyl (C=O) groups excluding carboxylic acids is 1. The largest absolute Gasteiger partial charge is 0.424 e. The molecule has 3 fully saturated rings. The van der Waals surface area contributed by atoms with Gasteiger partial charge in [0.25, 0.3) is 0 Å². The number of aryl methyl sites for hydroxylation is 3. The van der Waals surface area contributed by atoms with E-state index in [-0.39, 0.29) is 17.9 Å². The highest BCUT2D eigenvalue weighted by Gasteiger charge is 2.41. The van der Waals surface area contributed by atoms with Gasteiger partial charge < -0.3 is 13.8 Å². The standard InChI is InChI=1S/C17H23N5O3/c1-10-15(11(2)25-20-10)8-22-14-5-4-13(17(22)23)6-21(7-14)9-16-19-18-12(3)24-16/h13-14H,4-9H2,1-3H3/t13-,14+/m1/s1. The number of carbonyl (C=O) groups is 1. The first-order chi connectivity index (χ1) is 12.0. The number of hydrogen-bond donors (Lipinski definition) is 0. The summed E-state index contributed by atoms with van der Waals surface area (Å²) in [5.74, 6) is 2.25. The predicted octanol–water partition coefficient (Wildman–Crippen LogP) is 1.61. The van der Waals surface area contributed by atoms with Gasteiger partial charge in [0, 0.05) is 31.6 Å². The highest BCUT2D eigenvalue weighted by atomic mass is 16.5. The van der Waals surface area contributed by atoms with Crippen molar-refractivity contribution in [2.24, 2.45) is 5.92 Å². The van der Waals surface area contributed by atoms with Crippen LogP contribution in [-0.4, -0.2) is 50.2 Å². The zero-order valence-corrected chi connectivity index (χ0v) is 14.9. The highest BCUT2D eigenvalue weighted by Crippen LogP contribution is 2.31. The Hall–Kier alpha value is -2.22. The van der Waals surface area contributed by atoms with Gasteiger partial charge in [0.05, 0.1) is 24.7 Å². The van der Waals surface area contributed by atoms with Crippen molar-refractivity contribution < 1.29 is 13.7 Å². The summed E-state index contributed by atoms with van der Waals surface area (Å²) in [6.07, 6.45) is 1.97. The van der Waals surface area contributed by atoms with E-state index in [9.17, 15) is 4.79 Å². The molecule has 2 aromatic rings. The van der Waals surface area contributed by atoms with Crippen LogP contribution in [0.3, 0.4) is 0 Å². The Kier molecular flexibility index (Phi) is 4.07. The minimum Gasteiger partial charge on any atom is -0.424 e. The molecule has 3 aliphatic rings. The molecule has 0 unspecified atom stereocenters. The van der Waals surface area contributed by atoms with Crippen LogP contribution in [0, 0.1) is 26.7 Å². The molecule has 1 amide bonds. The van der Waals surface area contributed by atoms with E-state index in [1.807, 2.05) is 18.7 Å². The van der Waals surface area contributed by atoms with Crippen molar-refractivity contribution in [3.05, 3.63) is 28.8 Å². The lowest BCUT2D eigenvalue weighted by atomic mass is 9.93. The van der Waals surface area contributed by atoms with Crippen molar-refractivity contribution in [3.63, 3.8) is 0 Å². The van der Waals surface area contributed by atoms with E-state index in [1.54, 1.807) is 6.92 Å². The van der Waals surface area contributed by atoms with Crippen LogP contribution in [0.15, 0.2) is 8.94 Å². The van der Waals surface area contributed by atoms with Gasteiger partial charge in [-0.3, -0.25) is 9.69 Å². The SMILES string of the molecule is Cc1nnc(CN2C[C@H]3CC[C@@H](C2)N(Cc2c(C)noc2C)C3=O)o1. The van der Waals surface area contributed by atoms with Gasteiger partial charge in [-0.1, -0.05) is 5.16 Å². The van der Waals surface area contributed by atoms with Crippen LogP contribution < -0.4 is 0 Å². The smallest absolute Gasteiger partial charge is 0.230 e. The van der Waals surface area contributed by atoms with Gasteiger partial charge in [0.1, 0.15) is 5.76 Å². The number of fused-ring (bicyclic) bond motifs is 4. The van der Waals surface area contributed by atoms with E-state index in [1.165, 1.54) is 0 Å². The monoisotopic (exact) mass is 345 g/mol. The van der Waals surface area contributed by atoms with Crippen molar-refractivity contribution in [2.45, 2.75) is 52.7 Å². The lowest BCUT2D eigenvalue weighted by Gasteiger charge is -2.36. The quantitative estimate of drug-likeness (QED) is 0.831. The number of amides is 1. The van der Waals surface area contributed by atoms with E-state index in [4.69, 9.17) is 8.94 Å². The average Bonchev–Trinajstić information content (AvgIpc) is 3.00. The van der Waals surface area contributed by atoms with Crippen molar-refractivity contribution in [2.75, 3.05) is 13.1 Å². The van der Waals surface area contributed by atoms with Gasteiger partial charge in [-0.05, 0) is 26.7 Å². The molecule has 3 aliphatic heterocycles. The second-order valence-electron chi connectivity index (χ2n) is 7.11. The Bertz CT molecular complexity index is 764. The molecule has 2 atom stereocenters. The summed E-state index contributed by atoms with van der Waals surface area (Å²) in [6.45, 7) is 8.37. The van der Waals surface area contributed by atoms with Gasteiger partial charge in [-0.25, -0.2) is 0 Å². The zero-order chi connectivity index (χ0) is 17.6. The Morgan fingerprint density at radius 2 is 1.96 bits per heavy atom. The Balaban J connectivity index is 1.52. The van der Waals surface area contributed by atoms with Crippen LogP contribution in [0.5, 0.6) is 0 Å². The van der Waals surface area contributed by atoms with Crippen molar-refractivity contribution in [1.82, 2.24) is 25.2 Å². The van der Waals surface area contributed by atoms with E-state index < -0.39 is 0 Å². The van der Waals surface area contributed by atoms with Gasteiger partial charge in [-0.15, -0.1) is 10.2 Å². The number of hydrogen-bond acceptors (Lipinski definition) is 7. The lowest BCUT2D eigenvalue weighted by molar-refractivity contribution is -0.140. The Labute approximate surface area is 146 Å². The van der Waals surface area contributed by atoms with Crippen LogP contribution in [0.1, 0.15) is 41.6 Å². The molecule has 3 saturated heterocycles. The molecule has 0 spiro atoms. The summed E-state index contributed by atoms with van der Waals surface area (Å²) in [4.78, 5) is 17.2. The molecule has 0 aliphatic carbocycles. The van der Waals surface area contributed by atoms with Gasteiger partial charge >= 0.3 is 0 Å². The number of aromatic nitrogens is 3.